The van der Waals surface area contributed by atoms with E-state index >= 15 is 0 Å². The normalized spacial score (nSPS) is 14.1. The summed E-state index contributed by atoms with van der Waals surface area (Å²) in [7, 11) is 3.71. The standard InChI is InChI=1S/C15H15NO3.C7H15N5O2/c1-10-3-5-11(6-4-10)15(19)13-8-7-12(16(13)2)9-14(17)18;1-11-2-4-12(5-3-11)10-7(14)6(13)9-8/h3-8H,9H2,1-2H3,(H,17,18);2-5,8H2,1H3,(H,9,13)(H,10,14). The lowest BCUT2D eigenvalue weighted by Crippen LogP contribution is -2.56. The van der Waals surface area contributed by atoms with Crippen LogP contribution in [-0.4, -0.2) is 76.4 Å². The van der Waals surface area contributed by atoms with Crippen LogP contribution in [0.15, 0.2) is 36.4 Å². The molecule has 0 aliphatic carbocycles. The molecule has 0 saturated carbocycles. The summed E-state index contributed by atoms with van der Waals surface area (Å²) in [5.41, 5.74) is 7.05. The van der Waals surface area contributed by atoms with Gasteiger partial charge in [0.25, 0.3) is 0 Å². The van der Waals surface area contributed by atoms with Crippen LogP contribution in [0.25, 0.3) is 0 Å². The van der Waals surface area contributed by atoms with Crippen molar-refractivity contribution in [2.24, 2.45) is 12.9 Å². The summed E-state index contributed by atoms with van der Waals surface area (Å²) >= 11 is 0. The van der Waals surface area contributed by atoms with Crippen LogP contribution in [0.5, 0.6) is 0 Å². The van der Waals surface area contributed by atoms with Gasteiger partial charge in [0.15, 0.2) is 0 Å². The lowest BCUT2D eigenvalue weighted by molar-refractivity contribution is -0.142. The van der Waals surface area contributed by atoms with Crippen LogP contribution < -0.4 is 16.7 Å². The Morgan fingerprint density at radius 2 is 1.55 bits per heavy atom. The molecule has 33 heavy (non-hydrogen) atoms. The first-order valence-corrected chi connectivity index (χ1v) is 10.3. The molecule has 3 rings (SSSR count). The highest BCUT2D eigenvalue weighted by atomic mass is 16.4. The van der Waals surface area contributed by atoms with Crippen molar-refractivity contribution in [3.63, 3.8) is 0 Å². The molecule has 0 spiro atoms. The maximum absolute atomic E-state index is 12.3. The summed E-state index contributed by atoms with van der Waals surface area (Å²) in [6.45, 7) is 5.11. The number of aliphatic carboxylic acids is 1. The molecule has 1 saturated heterocycles. The Morgan fingerprint density at radius 1 is 0.939 bits per heavy atom. The summed E-state index contributed by atoms with van der Waals surface area (Å²) < 4.78 is 1.64. The zero-order valence-corrected chi connectivity index (χ0v) is 19.0. The SMILES string of the molecule is CN1CCN(NC(=O)C(=O)NN)CC1.Cc1ccc(C(=O)c2ccc(CC(=O)O)n2C)cc1. The number of piperazine rings is 1. The van der Waals surface area contributed by atoms with Gasteiger partial charge in [0, 0.05) is 44.5 Å². The highest BCUT2D eigenvalue weighted by molar-refractivity contribution is 6.34. The summed E-state index contributed by atoms with van der Waals surface area (Å²) in [4.78, 5) is 47.0. The van der Waals surface area contributed by atoms with Crippen LogP contribution in [0.4, 0.5) is 0 Å². The molecule has 11 nitrogen and oxygen atoms in total. The van der Waals surface area contributed by atoms with Crippen LogP contribution in [0.3, 0.4) is 0 Å². The van der Waals surface area contributed by atoms with E-state index < -0.39 is 17.8 Å². The van der Waals surface area contributed by atoms with Gasteiger partial charge in [-0.3, -0.25) is 30.0 Å². The van der Waals surface area contributed by atoms with Gasteiger partial charge in [-0.2, -0.15) is 0 Å². The Kier molecular flexibility index (Phi) is 9.28. The Labute approximate surface area is 192 Å². The van der Waals surface area contributed by atoms with Crippen molar-refractivity contribution in [3.05, 3.63) is 58.9 Å². The fraction of sp³-hybridized carbons (Fsp3) is 0.364. The van der Waals surface area contributed by atoms with Crippen LogP contribution in [0, 0.1) is 6.92 Å². The van der Waals surface area contributed by atoms with Gasteiger partial charge in [-0.15, -0.1) is 0 Å². The van der Waals surface area contributed by atoms with E-state index in [4.69, 9.17) is 10.9 Å². The monoisotopic (exact) mass is 458 g/mol. The summed E-state index contributed by atoms with van der Waals surface area (Å²) in [6.07, 6.45) is -0.0856. The van der Waals surface area contributed by atoms with Crippen molar-refractivity contribution in [1.82, 2.24) is 25.3 Å². The molecule has 1 aromatic heterocycles. The number of carboxylic acids is 1. The number of likely N-dealkylation sites (N-methyl/N-ethyl adjacent to an activating group) is 1. The van der Waals surface area contributed by atoms with Gasteiger partial charge in [-0.25, -0.2) is 10.9 Å². The summed E-state index contributed by atoms with van der Waals surface area (Å²) in [5, 5.41) is 10.5. The van der Waals surface area contributed by atoms with Crippen LogP contribution >= 0.6 is 0 Å². The molecule has 0 radical (unpaired) electrons. The van der Waals surface area contributed by atoms with Crippen LogP contribution in [0.2, 0.25) is 0 Å². The number of nitrogens with one attached hydrogen (secondary N) is 2. The van der Waals surface area contributed by atoms with E-state index in [1.54, 1.807) is 46.3 Å². The molecule has 0 atom stereocenters. The maximum Gasteiger partial charge on any atom is 0.324 e. The van der Waals surface area contributed by atoms with Crippen molar-refractivity contribution in [2.45, 2.75) is 13.3 Å². The average molecular weight is 459 g/mol. The van der Waals surface area contributed by atoms with E-state index in [0.29, 0.717) is 30.0 Å². The quantitative estimate of drug-likeness (QED) is 0.153. The minimum atomic E-state index is -0.907. The van der Waals surface area contributed by atoms with E-state index in [1.165, 1.54) is 0 Å². The molecule has 1 fully saturated rings. The molecule has 1 aliphatic rings. The number of carbonyl (C=O) groups is 4. The van der Waals surface area contributed by atoms with E-state index in [2.05, 4.69) is 10.3 Å². The van der Waals surface area contributed by atoms with Crippen molar-refractivity contribution in [1.29, 1.82) is 0 Å². The smallest absolute Gasteiger partial charge is 0.324 e. The topological polar surface area (TPSA) is 150 Å². The van der Waals surface area contributed by atoms with Crippen LogP contribution in [0.1, 0.15) is 27.3 Å². The first kappa shape index (κ1) is 25.7. The highest BCUT2D eigenvalue weighted by Crippen LogP contribution is 2.14. The van der Waals surface area contributed by atoms with Gasteiger partial charge in [-0.1, -0.05) is 29.8 Å². The number of ketones is 1. The molecule has 2 amide bonds. The molecular formula is C22H30N6O5. The molecule has 1 aliphatic heterocycles. The lowest BCUT2D eigenvalue weighted by Gasteiger charge is -2.31. The fourth-order valence-electron chi connectivity index (χ4n) is 3.14. The number of carboxylic acid groups (broad SMARTS) is 1. The Bertz CT molecular complexity index is 993. The third kappa shape index (κ3) is 7.52. The Balaban J connectivity index is 0.000000245. The summed E-state index contributed by atoms with van der Waals surface area (Å²) in [6, 6.07) is 10.7. The van der Waals surface area contributed by atoms with Crippen molar-refractivity contribution >= 4 is 23.6 Å². The third-order valence-electron chi connectivity index (χ3n) is 5.20. The van der Waals surface area contributed by atoms with Crippen molar-refractivity contribution in [3.8, 4) is 0 Å². The predicted molar refractivity (Wildman–Crippen MR) is 121 cm³/mol. The number of carbonyl (C=O) groups excluding carboxylic acids is 3. The van der Waals surface area contributed by atoms with Crippen molar-refractivity contribution < 1.29 is 24.3 Å². The first-order valence-electron chi connectivity index (χ1n) is 10.3. The molecule has 2 heterocycles. The maximum atomic E-state index is 12.3. The Morgan fingerprint density at radius 3 is 2.09 bits per heavy atom. The van der Waals surface area contributed by atoms with Gasteiger partial charge in [0.05, 0.1) is 12.1 Å². The number of hydrogen-bond donors (Lipinski definition) is 4. The molecule has 0 unspecified atom stereocenters. The Hall–Kier alpha value is -3.54. The number of hydrazine groups is 2. The molecule has 11 heteroatoms. The zero-order chi connectivity index (χ0) is 24.5. The van der Waals surface area contributed by atoms with Crippen LogP contribution in [-0.2, 0) is 27.9 Å². The number of benzene rings is 1. The molecular weight excluding hydrogens is 428 g/mol. The number of rotatable bonds is 5. The second-order valence-corrected chi connectivity index (χ2v) is 7.74. The molecule has 0 bridgehead atoms. The molecule has 178 valence electrons. The minimum Gasteiger partial charge on any atom is -0.481 e. The van der Waals surface area contributed by atoms with E-state index in [0.717, 1.165) is 18.7 Å². The van der Waals surface area contributed by atoms with Gasteiger partial charge in [0.1, 0.15) is 0 Å². The van der Waals surface area contributed by atoms with Gasteiger partial charge in [0.2, 0.25) is 5.78 Å². The summed E-state index contributed by atoms with van der Waals surface area (Å²) in [5.74, 6) is 2.25. The van der Waals surface area contributed by atoms with E-state index in [1.807, 2.05) is 26.1 Å². The van der Waals surface area contributed by atoms with Gasteiger partial charge in [-0.05, 0) is 26.1 Å². The van der Waals surface area contributed by atoms with Gasteiger partial charge >= 0.3 is 17.8 Å². The number of amides is 2. The number of nitrogens with zero attached hydrogens (tertiary/aromatic N) is 3. The fourth-order valence-corrected chi connectivity index (χ4v) is 3.14. The molecule has 2 aromatic rings. The van der Waals surface area contributed by atoms with E-state index in [-0.39, 0.29) is 12.2 Å². The lowest BCUT2D eigenvalue weighted by atomic mass is 10.1. The number of nitrogens with two attached hydrogens (primary N) is 1. The predicted octanol–water partition coefficient (Wildman–Crippen LogP) is -0.553. The van der Waals surface area contributed by atoms with E-state index in [9.17, 15) is 19.2 Å². The largest absolute Gasteiger partial charge is 0.481 e. The molecule has 1 aromatic carbocycles. The zero-order valence-electron chi connectivity index (χ0n) is 19.0. The number of hydrogen-bond acceptors (Lipinski definition) is 7. The highest BCUT2D eigenvalue weighted by Gasteiger charge is 2.19. The molecule has 5 N–H and O–H groups in total. The second-order valence-electron chi connectivity index (χ2n) is 7.74. The second kappa shape index (κ2) is 11.9. The average Bonchev–Trinajstić information content (AvgIpc) is 3.14. The third-order valence-corrected chi connectivity index (χ3v) is 5.20. The number of aromatic nitrogens is 1. The minimum absolute atomic E-state index is 0.0856. The first-order chi connectivity index (χ1) is 15.6. The van der Waals surface area contributed by atoms with Gasteiger partial charge < -0.3 is 14.6 Å². The van der Waals surface area contributed by atoms with Crippen molar-refractivity contribution in [2.75, 3.05) is 33.2 Å². The number of aryl methyl sites for hydroxylation is 1.